The van der Waals surface area contributed by atoms with Crippen LogP contribution in [0.1, 0.15) is 6.92 Å². The maximum atomic E-state index is 10.6. The molecule has 0 spiro atoms. The predicted molar refractivity (Wildman–Crippen MR) is 85.9 cm³/mol. The molecule has 0 aliphatic rings. The quantitative estimate of drug-likeness (QED) is 0.719. The van der Waals surface area contributed by atoms with Crippen LogP contribution in [0, 0.1) is 0 Å². The van der Waals surface area contributed by atoms with E-state index in [0.717, 1.165) is 17.0 Å². The number of alkyl halides is 3. The lowest BCUT2D eigenvalue weighted by molar-refractivity contribution is -0.192. The Morgan fingerprint density at radius 2 is 2.00 bits per heavy atom. The summed E-state index contributed by atoms with van der Waals surface area (Å²) < 4.78 is 39.2. The third kappa shape index (κ3) is 6.34. The van der Waals surface area contributed by atoms with Crippen LogP contribution in [0.5, 0.6) is 5.75 Å². The fourth-order valence-corrected chi connectivity index (χ4v) is 1.73. The van der Waals surface area contributed by atoms with Crippen LogP contribution in [0.15, 0.2) is 30.5 Å². The second-order valence-electron chi connectivity index (χ2n) is 5.19. The van der Waals surface area contributed by atoms with Crippen LogP contribution in [0.2, 0.25) is 0 Å². The van der Waals surface area contributed by atoms with E-state index >= 15 is 0 Å². The minimum absolute atomic E-state index is 0.0121. The lowest BCUT2D eigenvalue weighted by Gasteiger charge is -2.14. The van der Waals surface area contributed by atoms with E-state index in [4.69, 9.17) is 26.1 Å². The number of halogens is 3. The minimum atomic E-state index is -5.08. The van der Waals surface area contributed by atoms with Crippen molar-refractivity contribution in [1.29, 1.82) is 0 Å². The largest absolute Gasteiger partial charge is 0.491 e. The first-order valence-corrected chi connectivity index (χ1v) is 7.08. The molecular formula is C15H19F3N4O3. The molecule has 1 atom stereocenters. The second-order valence-corrected chi connectivity index (χ2v) is 5.19. The van der Waals surface area contributed by atoms with Crippen LogP contribution in [-0.4, -0.2) is 39.7 Å². The normalized spacial score (nSPS) is 12.1. The van der Waals surface area contributed by atoms with Gasteiger partial charge in [-0.15, -0.1) is 0 Å². The van der Waals surface area contributed by atoms with E-state index in [0.29, 0.717) is 12.3 Å². The molecule has 0 unspecified atom stereocenters. The van der Waals surface area contributed by atoms with Gasteiger partial charge in [-0.2, -0.15) is 18.3 Å². The Hall–Kier alpha value is -2.75. The van der Waals surface area contributed by atoms with Crippen molar-refractivity contribution < 1.29 is 27.8 Å². The molecule has 0 amide bonds. The van der Waals surface area contributed by atoms with E-state index in [1.54, 1.807) is 10.9 Å². The lowest BCUT2D eigenvalue weighted by Crippen LogP contribution is -2.23. The number of carboxylic acids is 1. The number of hydrogen-bond donors (Lipinski definition) is 3. The Kier molecular flexibility index (Phi) is 6.80. The molecule has 7 nitrogen and oxygen atoms in total. The number of nitrogens with two attached hydrogens (primary N) is 2. The number of ether oxygens (including phenoxy) is 1. The van der Waals surface area contributed by atoms with Crippen LogP contribution in [0.4, 0.5) is 18.9 Å². The molecule has 0 aliphatic heterocycles. The highest BCUT2D eigenvalue weighted by atomic mass is 19.4. The molecule has 0 aliphatic carbocycles. The summed E-state index contributed by atoms with van der Waals surface area (Å²) >= 11 is 0. The monoisotopic (exact) mass is 360 g/mol. The number of anilines is 1. The Labute approximate surface area is 142 Å². The van der Waals surface area contributed by atoms with Crippen molar-refractivity contribution in [3.63, 3.8) is 0 Å². The number of aliphatic carboxylic acids is 1. The molecule has 0 saturated carbocycles. The molecule has 1 aromatic carbocycles. The number of hydrogen-bond acceptors (Lipinski definition) is 5. The van der Waals surface area contributed by atoms with Crippen molar-refractivity contribution in [3.8, 4) is 17.0 Å². The summed E-state index contributed by atoms with van der Waals surface area (Å²) in [5, 5.41) is 11.3. The predicted octanol–water partition coefficient (Wildman–Crippen LogP) is 2.03. The third-order valence-corrected chi connectivity index (χ3v) is 2.84. The first-order chi connectivity index (χ1) is 11.5. The van der Waals surface area contributed by atoms with Gasteiger partial charge in [0, 0.05) is 30.5 Å². The average Bonchev–Trinajstić information content (AvgIpc) is 2.91. The van der Waals surface area contributed by atoms with Gasteiger partial charge in [0.1, 0.15) is 12.4 Å². The van der Waals surface area contributed by atoms with Gasteiger partial charge in [0.15, 0.2) is 0 Å². The number of benzene rings is 1. The fourth-order valence-electron chi connectivity index (χ4n) is 1.73. The van der Waals surface area contributed by atoms with Gasteiger partial charge in [0.05, 0.1) is 5.69 Å². The van der Waals surface area contributed by atoms with Gasteiger partial charge in [-0.1, -0.05) is 0 Å². The molecule has 2 rings (SSSR count). The van der Waals surface area contributed by atoms with E-state index in [-0.39, 0.29) is 6.04 Å². The Balaban J connectivity index is 0.000000381. The average molecular weight is 360 g/mol. The highest BCUT2D eigenvalue weighted by Gasteiger charge is 2.38. The Morgan fingerprint density at radius 3 is 2.44 bits per heavy atom. The van der Waals surface area contributed by atoms with Crippen molar-refractivity contribution in [1.82, 2.24) is 9.78 Å². The van der Waals surface area contributed by atoms with E-state index < -0.39 is 12.1 Å². The summed E-state index contributed by atoms with van der Waals surface area (Å²) in [6.07, 6.45) is -3.34. The van der Waals surface area contributed by atoms with Crippen LogP contribution in [-0.2, 0) is 11.8 Å². The number of aryl methyl sites for hydroxylation is 1. The molecule has 0 radical (unpaired) electrons. The summed E-state index contributed by atoms with van der Waals surface area (Å²) in [6.45, 7) is 2.37. The molecule has 5 N–H and O–H groups in total. The standard InChI is InChI=1S/C13H18N4O.C2HF3O2/c1-9(14)8-18-13-4-3-10(15)7-11(13)12-5-6-16-17(12)2;3-2(4,5)1(6)7/h3-7,9H,8,14-15H2,1-2H3;(H,6,7)/t9-;/m1./s1. The summed E-state index contributed by atoms with van der Waals surface area (Å²) in [6, 6.07) is 7.47. The molecule has 1 aromatic heterocycles. The van der Waals surface area contributed by atoms with Gasteiger partial charge in [-0.3, -0.25) is 4.68 Å². The highest BCUT2D eigenvalue weighted by molar-refractivity contribution is 5.73. The first-order valence-electron chi connectivity index (χ1n) is 7.08. The maximum Gasteiger partial charge on any atom is 0.490 e. The molecule has 10 heteroatoms. The smallest absolute Gasteiger partial charge is 0.490 e. The van der Waals surface area contributed by atoms with Gasteiger partial charge >= 0.3 is 12.1 Å². The van der Waals surface area contributed by atoms with E-state index in [1.165, 1.54) is 0 Å². The number of aromatic nitrogens is 2. The van der Waals surface area contributed by atoms with Crippen molar-refractivity contribution in [3.05, 3.63) is 30.5 Å². The number of rotatable bonds is 4. The summed E-state index contributed by atoms with van der Waals surface area (Å²) in [4.78, 5) is 8.90. The molecule has 138 valence electrons. The summed E-state index contributed by atoms with van der Waals surface area (Å²) in [5.74, 6) is -1.99. The van der Waals surface area contributed by atoms with Crippen LogP contribution >= 0.6 is 0 Å². The van der Waals surface area contributed by atoms with Crippen LogP contribution in [0.3, 0.4) is 0 Å². The summed E-state index contributed by atoms with van der Waals surface area (Å²) in [5.41, 5.74) is 14.1. The van der Waals surface area contributed by atoms with Crippen LogP contribution in [0.25, 0.3) is 11.3 Å². The molecular weight excluding hydrogens is 341 g/mol. The van der Waals surface area contributed by atoms with Gasteiger partial charge in [-0.05, 0) is 31.2 Å². The minimum Gasteiger partial charge on any atom is -0.491 e. The first kappa shape index (κ1) is 20.3. The number of carbonyl (C=O) groups is 1. The van der Waals surface area contributed by atoms with Crippen molar-refractivity contribution >= 4 is 11.7 Å². The van der Waals surface area contributed by atoms with E-state index in [1.807, 2.05) is 38.2 Å². The fraction of sp³-hybridized carbons (Fsp3) is 0.333. The van der Waals surface area contributed by atoms with Gasteiger partial charge in [-0.25, -0.2) is 4.79 Å². The zero-order chi connectivity index (χ0) is 19.2. The van der Waals surface area contributed by atoms with Gasteiger partial charge in [0.25, 0.3) is 0 Å². The van der Waals surface area contributed by atoms with Crippen molar-refractivity contribution in [2.24, 2.45) is 12.8 Å². The lowest BCUT2D eigenvalue weighted by atomic mass is 10.1. The molecule has 0 bridgehead atoms. The Bertz CT molecular complexity index is 714. The topological polar surface area (TPSA) is 116 Å². The van der Waals surface area contributed by atoms with E-state index in [9.17, 15) is 13.2 Å². The highest BCUT2D eigenvalue weighted by Crippen LogP contribution is 2.31. The molecule has 0 fully saturated rings. The van der Waals surface area contributed by atoms with Gasteiger partial charge in [0.2, 0.25) is 0 Å². The molecule has 1 heterocycles. The van der Waals surface area contributed by atoms with Gasteiger partial charge < -0.3 is 21.3 Å². The van der Waals surface area contributed by atoms with E-state index in [2.05, 4.69) is 5.10 Å². The number of nitrogens with zero attached hydrogens (tertiary/aromatic N) is 2. The Morgan fingerprint density at radius 1 is 1.40 bits per heavy atom. The zero-order valence-electron chi connectivity index (χ0n) is 13.6. The van der Waals surface area contributed by atoms with Crippen LogP contribution < -0.4 is 16.2 Å². The second kappa shape index (κ2) is 8.38. The maximum absolute atomic E-state index is 10.6. The van der Waals surface area contributed by atoms with Crippen molar-refractivity contribution in [2.45, 2.75) is 19.1 Å². The third-order valence-electron chi connectivity index (χ3n) is 2.84. The van der Waals surface area contributed by atoms with Crippen molar-refractivity contribution in [2.75, 3.05) is 12.3 Å². The molecule has 25 heavy (non-hydrogen) atoms. The molecule has 2 aromatic rings. The number of nitrogen functional groups attached to an aromatic ring is 1. The summed E-state index contributed by atoms with van der Waals surface area (Å²) in [7, 11) is 1.88. The zero-order valence-corrected chi connectivity index (χ0v) is 13.6. The number of carboxylic acid groups (broad SMARTS) is 1. The SMILES string of the molecule is C[C@@H](N)COc1ccc(N)cc1-c1ccnn1C.O=C(O)C(F)(F)F. The molecule has 0 saturated heterocycles.